The number of carbonyl (C=O) groups is 2. The van der Waals surface area contributed by atoms with Crippen molar-refractivity contribution in [1.29, 1.82) is 0 Å². The number of Topliss-reactive ketones (excluding diaryl/α,β-unsaturated/α-hetero) is 2. The molecule has 0 radical (unpaired) electrons. The SMILES string of the molecule is CC(=O)C(=O)/C(=C/[CH]=[V])C(F)=CI. The molecule has 13 heavy (non-hydrogen) atoms. The molecule has 0 aromatic heterocycles. The fourth-order valence-electron chi connectivity index (χ4n) is 0.587. The first-order chi connectivity index (χ1) is 6.04. The molecule has 5 heteroatoms. The average molecular weight is 331 g/mol. The molecule has 0 fully saturated rings. The Kier molecular flexibility index (Phi) is 6.37. The first kappa shape index (κ1) is 12.9. The van der Waals surface area contributed by atoms with E-state index in [-0.39, 0.29) is 5.57 Å². The van der Waals surface area contributed by atoms with Crippen LogP contribution in [0.3, 0.4) is 0 Å². The van der Waals surface area contributed by atoms with Crippen molar-refractivity contribution in [2.75, 3.05) is 0 Å². The third kappa shape index (κ3) is 4.11. The van der Waals surface area contributed by atoms with Crippen LogP contribution in [0, 0.1) is 0 Å². The van der Waals surface area contributed by atoms with Gasteiger partial charge in [0, 0.05) is 0 Å². The second kappa shape index (κ2) is 6.40. The van der Waals surface area contributed by atoms with Crippen LogP contribution >= 0.6 is 22.6 Å². The van der Waals surface area contributed by atoms with Crippen LogP contribution in [-0.2, 0) is 26.6 Å². The Bertz CT molecular complexity index is 307. The summed E-state index contributed by atoms with van der Waals surface area (Å²) < 4.78 is 15.5. The molecule has 0 saturated carbocycles. The molecular weight excluding hydrogens is 325 g/mol. The summed E-state index contributed by atoms with van der Waals surface area (Å²) in [5, 5.41) is 0. The van der Waals surface area contributed by atoms with Crippen molar-refractivity contribution in [1.82, 2.24) is 0 Å². The maximum atomic E-state index is 13.0. The zero-order chi connectivity index (χ0) is 10.4. The van der Waals surface area contributed by atoms with Crippen molar-refractivity contribution in [2.45, 2.75) is 6.92 Å². The van der Waals surface area contributed by atoms with Gasteiger partial charge in [-0.1, -0.05) is 0 Å². The van der Waals surface area contributed by atoms with Gasteiger partial charge in [0.2, 0.25) is 0 Å². The summed E-state index contributed by atoms with van der Waals surface area (Å²) in [6.07, 6.45) is 1.26. The van der Waals surface area contributed by atoms with E-state index in [9.17, 15) is 14.0 Å². The van der Waals surface area contributed by atoms with Gasteiger partial charge in [-0.2, -0.15) is 0 Å². The van der Waals surface area contributed by atoms with Crippen molar-refractivity contribution < 1.29 is 31.0 Å². The summed E-state index contributed by atoms with van der Waals surface area (Å²) in [6.45, 7) is 1.11. The summed E-state index contributed by atoms with van der Waals surface area (Å²) in [5.74, 6) is -2.18. The molecule has 2 nitrogen and oxygen atoms in total. The number of rotatable bonds is 4. The quantitative estimate of drug-likeness (QED) is 0.340. The number of halogens is 2. The molecule has 0 N–H and O–H groups in total. The van der Waals surface area contributed by atoms with Gasteiger partial charge >= 0.3 is 98.3 Å². The van der Waals surface area contributed by atoms with Crippen molar-refractivity contribution in [3.05, 3.63) is 21.6 Å². The van der Waals surface area contributed by atoms with E-state index in [0.29, 0.717) is 0 Å². The monoisotopic (exact) mass is 331 g/mol. The third-order valence-electron chi connectivity index (χ3n) is 1.16. The molecule has 69 valence electrons. The number of allylic oxidation sites excluding steroid dienone is 3. The standard InChI is InChI=1S/C8H6FIO2.V/c1-3-6(7(9)4-10)8(12)5(2)11;/h1,3-4H,2H3;/b6-3+,7-4?;. The van der Waals surface area contributed by atoms with Gasteiger partial charge in [-0.15, -0.1) is 0 Å². The van der Waals surface area contributed by atoms with Gasteiger partial charge in [-0.05, 0) is 0 Å². The predicted molar refractivity (Wildman–Crippen MR) is 53.0 cm³/mol. The van der Waals surface area contributed by atoms with E-state index in [1.807, 2.05) is 0 Å². The van der Waals surface area contributed by atoms with Crippen LogP contribution in [0.4, 0.5) is 4.39 Å². The van der Waals surface area contributed by atoms with E-state index in [1.54, 1.807) is 22.6 Å². The first-order valence-corrected chi connectivity index (χ1v) is 5.29. The summed E-state index contributed by atoms with van der Waals surface area (Å²) in [7, 11) is 0. The molecule has 0 aliphatic rings. The topological polar surface area (TPSA) is 34.1 Å². The van der Waals surface area contributed by atoms with Crippen molar-refractivity contribution in [2.24, 2.45) is 0 Å². The van der Waals surface area contributed by atoms with E-state index >= 15 is 0 Å². The van der Waals surface area contributed by atoms with Crippen molar-refractivity contribution >= 4 is 38.9 Å². The van der Waals surface area contributed by atoms with Crippen LogP contribution in [0.2, 0.25) is 0 Å². The molecule has 0 amide bonds. The molecular formula is C8H6FIO2V. The molecule has 0 aliphatic heterocycles. The normalized spacial score (nSPS) is 12.5. The zero-order valence-corrected chi connectivity index (χ0v) is 10.3. The van der Waals surface area contributed by atoms with Gasteiger partial charge < -0.3 is 0 Å². The van der Waals surface area contributed by atoms with Crippen LogP contribution in [0.1, 0.15) is 6.92 Å². The van der Waals surface area contributed by atoms with E-state index in [2.05, 4.69) is 17.0 Å². The molecule has 0 aromatic rings. The van der Waals surface area contributed by atoms with Crippen LogP contribution in [0.5, 0.6) is 0 Å². The Morgan fingerprint density at radius 1 is 1.46 bits per heavy atom. The molecule has 0 heterocycles. The first-order valence-electron chi connectivity index (χ1n) is 3.23. The summed E-state index contributed by atoms with van der Waals surface area (Å²) in [6, 6.07) is 0. The Morgan fingerprint density at radius 2 is 2.00 bits per heavy atom. The third-order valence-corrected chi connectivity index (χ3v) is 1.94. The summed E-state index contributed by atoms with van der Waals surface area (Å²) in [4.78, 5) is 21.8. The Balaban J connectivity index is 5.06. The van der Waals surface area contributed by atoms with E-state index in [4.69, 9.17) is 0 Å². The number of carbonyl (C=O) groups excluding carboxylic acids is 2. The zero-order valence-electron chi connectivity index (χ0n) is 6.75. The minimum atomic E-state index is -0.812. The molecule has 0 spiro atoms. The van der Waals surface area contributed by atoms with Crippen LogP contribution < -0.4 is 0 Å². The molecule has 0 rings (SSSR count). The average Bonchev–Trinajstić information content (AvgIpc) is 2.11. The Morgan fingerprint density at radius 3 is 2.31 bits per heavy atom. The van der Waals surface area contributed by atoms with Crippen LogP contribution in [0.25, 0.3) is 0 Å². The Hall–Kier alpha value is -0.0656. The van der Waals surface area contributed by atoms with Gasteiger partial charge in [-0.25, -0.2) is 0 Å². The fourth-order valence-corrected chi connectivity index (χ4v) is 1.15. The maximum absolute atomic E-state index is 13.0. The van der Waals surface area contributed by atoms with Gasteiger partial charge in [0.15, 0.2) is 0 Å². The van der Waals surface area contributed by atoms with Gasteiger partial charge in [0.1, 0.15) is 0 Å². The summed E-state index contributed by atoms with van der Waals surface area (Å²) in [5.41, 5.74) is -0.206. The van der Waals surface area contributed by atoms with Crippen LogP contribution in [-0.4, -0.2) is 16.3 Å². The number of ketones is 2. The molecule has 0 bridgehead atoms. The fraction of sp³-hybridized carbons (Fsp3) is 0.125. The van der Waals surface area contributed by atoms with Crippen molar-refractivity contribution in [3.63, 3.8) is 0 Å². The predicted octanol–water partition coefficient (Wildman–Crippen LogP) is 1.67. The molecule has 0 aliphatic carbocycles. The molecule has 0 atom stereocenters. The van der Waals surface area contributed by atoms with E-state index in [1.165, 1.54) is 10.8 Å². The van der Waals surface area contributed by atoms with E-state index < -0.39 is 17.4 Å². The number of hydrogen-bond donors (Lipinski definition) is 0. The molecule has 0 unspecified atom stereocenters. The Labute approximate surface area is 97.9 Å². The van der Waals surface area contributed by atoms with Gasteiger partial charge in [-0.3, -0.25) is 0 Å². The minimum absolute atomic E-state index is 0.206. The molecule has 0 saturated heterocycles. The second-order valence-electron chi connectivity index (χ2n) is 2.07. The van der Waals surface area contributed by atoms with Gasteiger partial charge in [0.05, 0.1) is 0 Å². The van der Waals surface area contributed by atoms with Crippen LogP contribution in [0.15, 0.2) is 21.6 Å². The number of hydrogen-bond acceptors (Lipinski definition) is 2. The van der Waals surface area contributed by atoms with Crippen molar-refractivity contribution in [3.8, 4) is 0 Å². The second-order valence-corrected chi connectivity index (χ2v) is 3.16. The van der Waals surface area contributed by atoms with E-state index in [0.717, 1.165) is 11.0 Å². The molecule has 0 aromatic carbocycles. The van der Waals surface area contributed by atoms with Gasteiger partial charge in [0.25, 0.3) is 0 Å². The summed E-state index contributed by atoms with van der Waals surface area (Å²) >= 11 is 3.73.